The minimum atomic E-state index is -0.192. The van der Waals surface area contributed by atoms with E-state index in [-0.39, 0.29) is 19.1 Å². The number of carbonyl (C=O) groups is 1. The number of aromatic nitrogens is 1. The molecule has 154 valence electrons. The molecule has 1 amide bonds. The van der Waals surface area contributed by atoms with Gasteiger partial charge in [0.1, 0.15) is 0 Å². The van der Waals surface area contributed by atoms with Crippen molar-refractivity contribution in [2.45, 2.75) is 13.0 Å². The minimum Gasteiger partial charge on any atom is -0.454 e. The van der Waals surface area contributed by atoms with Gasteiger partial charge in [0.05, 0.1) is 12.6 Å². The minimum absolute atomic E-state index is 0.192. The molecule has 0 radical (unpaired) electrons. The highest BCUT2D eigenvalue weighted by molar-refractivity contribution is 5.99. The normalized spacial score (nSPS) is 12.5. The summed E-state index contributed by atoms with van der Waals surface area (Å²) in [5, 5.41) is 5.28. The van der Waals surface area contributed by atoms with Crippen molar-refractivity contribution in [2.24, 2.45) is 5.10 Å². The average molecular weight is 411 g/mol. The number of carbonyl (C=O) groups excluding carboxylic acids is 1. The van der Waals surface area contributed by atoms with Gasteiger partial charge in [-0.05, 0) is 29.3 Å². The number of amides is 1. The van der Waals surface area contributed by atoms with Crippen LogP contribution in [0.5, 0.6) is 11.5 Å². The zero-order valence-electron chi connectivity index (χ0n) is 16.8. The van der Waals surface area contributed by atoms with Crippen LogP contribution in [0.2, 0.25) is 0 Å². The maximum absolute atomic E-state index is 12.3. The van der Waals surface area contributed by atoms with Gasteiger partial charge < -0.3 is 14.0 Å². The van der Waals surface area contributed by atoms with Crippen molar-refractivity contribution in [2.75, 3.05) is 6.79 Å². The smallest absolute Gasteiger partial charge is 0.244 e. The molecule has 1 aromatic heterocycles. The van der Waals surface area contributed by atoms with Crippen molar-refractivity contribution >= 4 is 23.0 Å². The maximum atomic E-state index is 12.3. The number of hydrogen-bond donors (Lipinski definition) is 1. The van der Waals surface area contributed by atoms with Crippen LogP contribution in [-0.4, -0.2) is 23.5 Å². The summed E-state index contributed by atoms with van der Waals surface area (Å²) in [6.07, 6.45) is 3.97. The van der Waals surface area contributed by atoms with Crippen LogP contribution in [0.3, 0.4) is 0 Å². The molecule has 4 aromatic rings. The molecule has 0 unspecified atom stereocenters. The second-order valence-electron chi connectivity index (χ2n) is 7.37. The Balaban J connectivity index is 1.29. The number of nitrogens with one attached hydrogen (secondary N) is 1. The molecule has 1 aliphatic rings. The molecule has 1 aliphatic heterocycles. The molecular formula is C25H21N3O3. The van der Waals surface area contributed by atoms with Crippen LogP contribution in [0.1, 0.15) is 16.7 Å². The molecule has 0 spiro atoms. The van der Waals surface area contributed by atoms with E-state index < -0.39 is 0 Å². The Labute approximate surface area is 179 Å². The fourth-order valence-corrected chi connectivity index (χ4v) is 3.74. The van der Waals surface area contributed by atoms with Gasteiger partial charge in [0.25, 0.3) is 0 Å². The van der Waals surface area contributed by atoms with Crippen LogP contribution in [0.4, 0.5) is 0 Å². The lowest BCUT2D eigenvalue weighted by atomic mass is 10.1. The quantitative estimate of drug-likeness (QED) is 0.384. The summed E-state index contributed by atoms with van der Waals surface area (Å²) < 4.78 is 12.9. The largest absolute Gasteiger partial charge is 0.454 e. The first-order chi connectivity index (χ1) is 15.3. The van der Waals surface area contributed by atoms with E-state index in [1.807, 2.05) is 48.5 Å². The third-order valence-electron chi connectivity index (χ3n) is 5.21. The van der Waals surface area contributed by atoms with Crippen LogP contribution < -0.4 is 14.9 Å². The highest BCUT2D eigenvalue weighted by Crippen LogP contribution is 2.32. The number of benzene rings is 3. The van der Waals surface area contributed by atoms with E-state index in [0.29, 0.717) is 11.5 Å². The Bertz CT molecular complexity index is 1260. The van der Waals surface area contributed by atoms with E-state index in [2.05, 4.69) is 45.6 Å². The second kappa shape index (κ2) is 8.36. The van der Waals surface area contributed by atoms with E-state index in [1.54, 1.807) is 6.21 Å². The number of nitrogens with zero attached hydrogens (tertiary/aromatic N) is 2. The Kier molecular flexibility index (Phi) is 5.10. The second-order valence-corrected chi connectivity index (χ2v) is 7.37. The Morgan fingerprint density at radius 1 is 0.968 bits per heavy atom. The van der Waals surface area contributed by atoms with Crippen molar-refractivity contribution in [3.8, 4) is 11.5 Å². The maximum Gasteiger partial charge on any atom is 0.244 e. The molecule has 1 N–H and O–H groups in total. The van der Waals surface area contributed by atoms with Gasteiger partial charge in [-0.25, -0.2) is 5.43 Å². The van der Waals surface area contributed by atoms with Gasteiger partial charge in [0.2, 0.25) is 12.7 Å². The monoisotopic (exact) mass is 411 g/mol. The lowest BCUT2D eigenvalue weighted by Gasteiger charge is -2.05. The SMILES string of the molecule is O=C(Cc1ccc2c(c1)OCO2)N/N=C\c1cn(Cc2ccccc2)c2ccccc12. The van der Waals surface area contributed by atoms with Crippen LogP contribution in [0, 0.1) is 0 Å². The topological polar surface area (TPSA) is 64.8 Å². The van der Waals surface area contributed by atoms with Crippen molar-refractivity contribution < 1.29 is 14.3 Å². The van der Waals surface area contributed by atoms with Crippen LogP contribution in [0.25, 0.3) is 10.9 Å². The van der Waals surface area contributed by atoms with E-state index >= 15 is 0 Å². The fourth-order valence-electron chi connectivity index (χ4n) is 3.74. The highest BCUT2D eigenvalue weighted by Gasteiger charge is 2.14. The number of fused-ring (bicyclic) bond motifs is 2. The Hall–Kier alpha value is -4.06. The lowest BCUT2D eigenvalue weighted by molar-refractivity contribution is -0.120. The summed E-state index contributed by atoms with van der Waals surface area (Å²) in [6, 6.07) is 24.0. The van der Waals surface area contributed by atoms with Crippen molar-refractivity contribution in [3.63, 3.8) is 0 Å². The molecule has 31 heavy (non-hydrogen) atoms. The molecule has 2 heterocycles. The van der Waals surface area contributed by atoms with Crippen LogP contribution in [0.15, 0.2) is 84.1 Å². The predicted octanol–water partition coefficient (Wildman–Crippen LogP) is 4.11. The number of rotatable bonds is 6. The summed E-state index contributed by atoms with van der Waals surface area (Å²) in [5.74, 6) is 1.18. The predicted molar refractivity (Wildman–Crippen MR) is 119 cm³/mol. The number of para-hydroxylation sites is 1. The molecule has 6 heteroatoms. The molecule has 0 saturated carbocycles. The zero-order chi connectivity index (χ0) is 21.0. The van der Waals surface area contributed by atoms with E-state index in [0.717, 1.165) is 28.6 Å². The van der Waals surface area contributed by atoms with Gasteiger partial charge in [-0.2, -0.15) is 5.10 Å². The Morgan fingerprint density at radius 3 is 2.68 bits per heavy atom. The molecule has 6 nitrogen and oxygen atoms in total. The molecule has 0 bridgehead atoms. The van der Waals surface area contributed by atoms with Crippen LogP contribution >= 0.6 is 0 Å². The highest BCUT2D eigenvalue weighted by atomic mass is 16.7. The summed E-state index contributed by atoms with van der Waals surface area (Å²) in [4.78, 5) is 12.3. The third kappa shape index (κ3) is 4.14. The Morgan fingerprint density at radius 2 is 1.77 bits per heavy atom. The first-order valence-corrected chi connectivity index (χ1v) is 10.1. The lowest BCUT2D eigenvalue weighted by Crippen LogP contribution is -2.19. The number of ether oxygens (including phenoxy) is 2. The third-order valence-corrected chi connectivity index (χ3v) is 5.21. The summed E-state index contributed by atoms with van der Waals surface area (Å²) in [6.45, 7) is 0.985. The van der Waals surface area contributed by atoms with Gasteiger partial charge in [0.15, 0.2) is 11.5 Å². The van der Waals surface area contributed by atoms with Gasteiger partial charge >= 0.3 is 0 Å². The van der Waals surface area contributed by atoms with Gasteiger partial charge in [-0.15, -0.1) is 0 Å². The summed E-state index contributed by atoms with van der Waals surface area (Å²) in [5.41, 5.74) is 6.77. The molecule has 0 saturated heterocycles. The van der Waals surface area contributed by atoms with E-state index in [1.165, 1.54) is 5.56 Å². The average Bonchev–Trinajstić information content (AvgIpc) is 3.39. The van der Waals surface area contributed by atoms with E-state index in [9.17, 15) is 4.79 Å². The number of hydrogen-bond acceptors (Lipinski definition) is 4. The molecule has 5 rings (SSSR count). The molecule has 0 fully saturated rings. The van der Waals surface area contributed by atoms with Crippen LogP contribution in [-0.2, 0) is 17.8 Å². The van der Waals surface area contributed by atoms with Crippen molar-refractivity contribution in [3.05, 3.63) is 95.7 Å². The van der Waals surface area contributed by atoms with E-state index in [4.69, 9.17) is 9.47 Å². The van der Waals surface area contributed by atoms with Gasteiger partial charge in [-0.3, -0.25) is 4.79 Å². The van der Waals surface area contributed by atoms with Gasteiger partial charge in [-0.1, -0.05) is 54.6 Å². The number of hydrazone groups is 1. The molecule has 3 aromatic carbocycles. The van der Waals surface area contributed by atoms with Gasteiger partial charge in [0, 0.05) is 29.2 Å². The van der Waals surface area contributed by atoms with Crippen molar-refractivity contribution in [1.29, 1.82) is 0 Å². The summed E-state index contributed by atoms with van der Waals surface area (Å²) >= 11 is 0. The first-order valence-electron chi connectivity index (χ1n) is 10.1. The zero-order valence-corrected chi connectivity index (χ0v) is 16.8. The van der Waals surface area contributed by atoms with Crippen molar-refractivity contribution in [1.82, 2.24) is 9.99 Å². The fraction of sp³-hybridized carbons (Fsp3) is 0.120. The molecule has 0 aliphatic carbocycles. The first kappa shape index (κ1) is 18.9. The standard InChI is InChI=1S/C25H21N3O3/c29-25(13-19-10-11-23-24(12-19)31-17-30-23)27-26-14-20-16-28(15-18-6-2-1-3-7-18)22-9-5-4-8-21(20)22/h1-12,14,16H,13,15,17H2,(H,27,29)/b26-14-. The summed E-state index contributed by atoms with van der Waals surface area (Å²) in [7, 11) is 0. The molecular weight excluding hydrogens is 390 g/mol. The molecule has 0 atom stereocenters.